The van der Waals surface area contributed by atoms with Gasteiger partial charge in [0.15, 0.2) is 5.82 Å². The molecule has 1 aromatic heterocycles. The molecule has 0 spiro atoms. The summed E-state index contributed by atoms with van der Waals surface area (Å²) in [4.78, 5) is 11.5. The van der Waals surface area contributed by atoms with Gasteiger partial charge in [0.2, 0.25) is 0 Å². The number of nitrogens with one attached hydrogen (secondary N) is 1. The first-order valence-corrected chi connectivity index (χ1v) is 7.46. The van der Waals surface area contributed by atoms with Crippen LogP contribution in [0.5, 0.6) is 0 Å². The maximum atomic E-state index is 5.56. The number of hydrogen-bond donors (Lipinski definition) is 2. The Bertz CT molecular complexity index is 595. The Morgan fingerprint density at radius 1 is 1.24 bits per heavy atom. The lowest BCUT2D eigenvalue weighted by atomic mass is 10.2. The normalized spacial score (nSPS) is 14.0. The second kappa shape index (κ2) is 6.10. The molecular weight excluding hydrogens is 262 g/mol. The number of nitrogens with two attached hydrogens (primary N) is 1. The summed E-state index contributed by atoms with van der Waals surface area (Å²) in [5.41, 5.74) is 3.65. The van der Waals surface area contributed by atoms with Crippen molar-refractivity contribution in [2.75, 3.05) is 23.4 Å². The molecule has 0 amide bonds. The van der Waals surface area contributed by atoms with Crippen LogP contribution in [0.15, 0.2) is 36.4 Å². The molecule has 0 radical (unpaired) electrons. The summed E-state index contributed by atoms with van der Waals surface area (Å²) >= 11 is 0. The molecule has 0 atom stereocenters. The van der Waals surface area contributed by atoms with Crippen LogP contribution in [0, 0.1) is 5.92 Å². The molecule has 2 aromatic rings. The summed E-state index contributed by atoms with van der Waals surface area (Å²) in [5.74, 6) is 8.66. The summed E-state index contributed by atoms with van der Waals surface area (Å²) in [7, 11) is 0. The lowest BCUT2D eigenvalue weighted by Crippen LogP contribution is -2.26. The molecule has 3 rings (SSSR count). The Labute approximate surface area is 125 Å². The zero-order chi connectivity index (χ0) is 14.7. The number of nitrogen functional groups attached to an aromatic ring is 1. The number of hydrogen-bond acceptors (Lipinski definition) is 5. The van der Waals surface area contributed by atoms with Gasteiger partial charge in [0, 0.05) is 24.7 Å². The fraction of sp³-hybridized carbons (Fsp3) is 0.375. The van der Waals surface area contributed by atoms with E-state index < -0.39 is 0 Å². The maximum absolute atomic E-state index is 5.56. The van der Waals surface area contributed by atoms with Crippen molar-refractivity contribution < 1.29 is 0 Å². The van der Waals surface area contributed by atoms with Gasteiger partial charge in [-0.3, -0.25) is 0 Å². The van der Waals surface area contributed by atoms with E-state index in [2.05, 4.69) is 22.2 Å². The van der Waals surface area contributed by atoms with Gasteiger partial charge in [-0.15, -0.1) is 0 Å². The molecule has 0 bridgehead atoms. The van der Waals surface area contributed by atoms with Crippen molar-refractivity contribution in [3.63, 3.8) is 0 Å². The maximum Gasteiger partial charge on any atom is 0.163 e. The van der Waals surface area contributed by atoms with Crippen molar-refractivity contribution in [3.05, 3.63) is 36.4 Å². The molecule has 21 heavy (non-hydrogen) atoms. The third-order valence-electron chi connectivity index (χ3n) is 3.77. The molecule has 0 saturated heterocycles. The van der Waals surface area contributed by atoms with E-state index in [4.69, 9.17) is 10.8 Å². The van der Waals surface area contributed by atoms with E-state index in [0.29, 0.717) is 11.6 Å². The highest BCUT2D eigenvalue weighted by Gasteiger charge is 2.24. The van der Waals surface area contributed by atoms with E-state index in [1.165, 1.54) is 12.8 Å². The lowest BCUT2D eigenvalue weighted by molar-refractivity contribution is 0.731. The van der Waals surface area contributed by atoms with Gasteiger partial charge in [0.05, 0.1) is 0 Å². The molecule has 1 aliphatic carbocycles. The number of rotatable bonds is 6. The third-order valence-corrected chi connectivity index (χ3v) is 3.77. The molecule has 110 valence electrons. The van der Waals surface area contributed by atoms with E-state index in [1.54, 1.807) is 0 Å². The van der Waals surface area contributed by atoms with Crippen LogP contribution in [0.4, 0.5) is 11.6 Å². The van der Waals surface area contributed by atoms with E-state index >= 15 is 0 Å². The number of anilines is 2. The molecule has 5 heteroatoms. The van der Waals surface area contributed by atoms with Crippen molar-refractivity contribution >= 4 is 11.6 Å². The molecule has 1 aromatic carbocycles. The van der Waals surface area contributed by atoms with Crippen LogP contribution in [-0.4, -0.2) is 23.1 Å². The predicted molar refractivity (Wildman–Crippen MR) is 85.9 cm³/mol. The van der Waals surface area contributed by atoms with Crippen LogP contribution >= 0.6 is 0 Å². The molecule has 3 N–H and O–H groups in total. The van der Waals surface area contributed by atoms with E-state index in [1.807, 2.05) is 36.4 Å². The molecule has 1 heterocycles. The Morgan fingerprint density at radius 2 is 2.00 bits per heavy atom. The van der Waals surface area contributed by atoms with Crippen LogP contribution in [0.3, 0.4) is 0 Å². The van der Waals surface area contributed by atoms with Crippen LogP contribution in [0.25, 0.3) is 11.4 Å². The smallest absolute Gasteiger partial charge is 0.163 e. The molecular formula is C16H21N5. The Kier molecular flexibility index (Phi) is 4.01. The molecule has 1 aliphatic rings. The fourth-order valence-electron chi connectivity index (χ4n) is 2.38. The van der Waals surface area contributed by atoms with Crippen molar-refractivity contribution in [1.82, 2.24) is 9.97 Å². The lowest BCUT2D eigenvalue weighted by Gasteiger charge is -2.22. The topological polar surface area (TPSA) is 67.1 Å². The standard InChI is InChI=1S/C16H21N5/c1-2-21(11-12-8-9-12)15-10-14(20-17)18-16(19-15)13-6-4-3-5-7-13/h3-7,10,12H,2,8-9,11,17H2,1H3,(H,18,19,20). The number of hydrazine groups is 1. The third kappa shape index (κ3) is 3.31. The molecule has 0 unspecified atom stereocenters. The average Bonchev–Trinajstić information content (AvgIpc) is 3.37. The van der Waals surface area contributed by atoms with Gasteiger partial charge in [-0.25, -0.2) is 15.8 Å². The average molecular weight is 283 g/mol. The fourth-order valence-corrected chi connectivity index (χ4v) is 2.38. The highest BCUT2D eigenvalue weighted by atomic mass is 15.3. The summed E-state index contributed by atoms with van der Waals surface area (Å²) in [6, 6.07) is 11.9. The van der Waals surface area contributed by atoms with E-state index in [0.717, 1.165) is 30.4 Å². The zero-order valence-corrected chi connectivity index (χ0v) is 12.3. The summed E-state index contributed by atoms with van der Waals surface area (Å²) in [6.45, 7) is 4.15. The predicted octanol–water partition coefficient (Wildman–Crippen LogP) is 2.67. The van der Waals surface area contributed by atoms with E-state index in [-0.39, 0.29) is 0 Å². The summed E-state index contributed by atoms with van der Waals surface area (Å²) < 4.78 is 0. The van der Waals surface area contributed by atoms with E-state index in [9.17, 15) is 0 Å². The van der Waals surface area contributed by atoms with Crippen LogP contribution in [-0.2, 0) is 0 Å². The monoisotopic (exact) mass is 283 g/mol. The van der Waals surface area contributed by atoms with Crippen molar-refractivity contribution in [2.24, 2.45) is 11.8 Å². The first-order valence-electron chi connectivity index (χ1n) is 7.46. The highest BCUT2D eigenvalue weighted by molar-refractivity contribution is 5.61. The second-order valence-electron chi connectivity index (χ2n) is 5.43. The number of benzene rings is 1. The first kappa shape index (κ1) is 13.8. The van der Waals surface area contributed by atoms with Gasteiger partial charge >= 0.3 is 0 Å². The van der Waals surface area contributed by atoms with Crippen LogP contribution in [0.2, 0.25) is 0 Å². The summed E-state index contributed by atoms with van der Waals surface area (Å²) in [6.07, 6.45) is 2.66. The minimum atomic E-state index is 0.646. The van der Waals surface area contributed by atoms with Crippen molar-refractivity contribution in [3.8, 4) is 11.4 Å². The minimum absolute atomic E-state index is 0.646. The first-order chi connectivity index (χ1) is 10.3. The quantitative estimate of drug-likeness (QED) is 0.630. The highest BCUT2D eigenvalue weighted by Crippen LogP contribution is 2.31. The van der Waals surface area contributed by atoms with Gasteiger partial charge in [-0.2, -0.15) is 0 Å². The SMILES string of the molecule is CCN(CC1CC1)c1cc(NN)nc(-c2ccccc2)n1. The van der Waals surface area contributed by atoms with Gasteiger partial charge < -0.3 is 10.3 Å². The number of nitrogens with zero attached hydrogens (tertiary/aromatic N) is 3. The second-order valence-corrected chi connectivity index (χ2v) is 5.43. The van der Waals surface area contributed by atoms with Gasteiger partial charge in [0.25, 0.3) is 0 Å². The van der Waals surface area contributed by atoms with Crippen LogP contribution in [0.1, 0.15) is 19.8 Å². The largest absolute Gasteiger partial charge is 0.356 e. The minimum Gasteiger partial charge on any atom is -0.356 e. The van der Waals surface area contributed by atoms with Crippen LogP contribution < -0.4 is 16.2 Å². The van der Waals surface area contributed by atoms with Gasteiger partial charge in [-0.1, -0.05) is 30.3 Å². The zero-order valence-electron chi connectivity index (χ0n) is 12.3. The molecule has 5 nitrogen and oxygen atoms in total. The Balaban J connectivity index is 1.95. The molecule has 1 fully saturated rings. The van der Waals surface area contributed by atoms with Gasteiger partial charge in [0.1, 0.15) is 11.6 Å². The molecule has 0 aliphatic heterocycles. The van der Waals surface area contributed by atoms with Gasteiger partial charge in [-0.05, 0) is 25.7 Å². The number of aromatic nitrogens is 2. The Hall–Kier alpha value is -2.14. The molecule has 1 saturated carbocycles. The van der Waals surface area contributed by atoms with Crippen molar-refractivity contribution in [2.45, 2.75) is 19.8 Å². The summed E-state index contributed by atoms with van der Waals surface area (Å²) in [5, 5.41) is 0. The Morgan fingerprint density at radius 3 is 2.62 bits per heavy atom. The van der Waals surface area contributed by atoms with Crippen molar-refractivity contribution in [1.29, 1.82) is 0 Å².